The topological polar surface area (TPSA) is 74.8 Å². The highest BCUT2D eigenvalue weighted by molar-refractivity contribution is 6.02. The third-order valence-electron chi connectivity index (χ3n) is 5.31. The molecule has 1 aliphatic rings. The number of fused-ring (bicyclic) bond motifs is 3. The maximum Gasteiger partial charge on any atom is 0.414 e. The Morgan fingerprint density at radius 2 is 2.00 bits per heavy atom. The first-order valence-corrected chi connectivity index (χ1v) is 10.2. The Morgan fingerprint density at radius 1 is 1.27 bits per heavy atom. The van der Waals surface area contributed by atoms with Crippen LogP contribution in [0.5, 0.6) is 5.75 Å². The van der Waals surface area contributed by atoms with Crippen LogP contribution in [-0.4, -0.2) is 34.9 Å². The number of rotatable bonds is 4. The number of benzene rings is 2. The smallest absolute Gasteiger partial charge is 0.414 e. The number of aliphatic hydroxyl groups excluding tert-OH is 1. The van der Waals surface area contributed by atoms with Crippen LogP contribution in [0.2, 0.25) is 0 Å². The Kier molecular flexibility index (Phi) is 5.20. The minimum Gasteiger partial charge on any atom is -0.487 e. The number of aliphatic hydroxyl groups is 1. The van der Waals surface area contributed by atoms with Gasteiger partial charge >= 0.3 is 6.09 Å². The average Bonchev–Trinajstić information content (AvgIpc) is 3.26. The number of amides is 1. The largest absolute Gasteiger partial charge is 0.487 e. The van der Waals surface area contributed by atoms with Gasteiger partial charge < -0.3 is 19.6 Å². The van der Waals surface area contributed by atoms with Crippen LogP contribution in [-0.2, 0) is 11.3 Å². The second-order valence-corrected chi connectivity index (χ2v) is 8.77. The first kappa shape index (κ1) is 20.3. The molecule has 30 heavy (non-hydrogen) atoms. The molecule has 3 aromatic rings. The number of anilines is 1. The summed E-state index contributed by atoms with van der Waals surface area (Å²) in [4.78, 5) is 17.8. The van der Waals surface area contributed by atoms with Crippen LogP contribution in [0.25, 0.3) is 10.9 Å². The molecule has 1 aromatic heterocycles. The molecule has 6 nitrogen and oxygen atoms in total. The van der Waals surface area contributed by atoms with Crippen LogP contribution in [0.4, 0.5) is 10.5 Å². The number of nitrogens with zero attached hydrogens (tertiary/aromatic N) is 1. The molecular weight excluding hydrogens is 380 g/mol. The van der Waals surface area contributed by atoms with E-state index in [2.05, 4.69) is 4.98 Å². The Hall–Kier alpha value is -2.99. The van der Waals surface area contributed by atoms with E-state index in [0.29, 0.717) is 18.9 Å². The van der Waals surface area contributed by atoms with Crippen molar-refractivity contribution in [2.45, 2.75) is 45.8 Å². The summed E-state index contributed by atoms with van der Waals surface area (Å²) < 4.78 is 11.8. The molecule has 158 valence electrons. The molecule has 0 saturated heterocycles. The van der Waals surface area contributed by atoms with Crippen molar-refractivity contribution in [1.29, 1.82) is 0 Å². The lowest BCUT2D eigenvalue weighted by atomic mass is 9.96. The number of hydrogen-bond donors (Lipinski definition) is 2. The first-order valence-electron chi connectivity index (χ1n) is 10.2. The van der Waals surface area contributed by atoms with Gasteiger partial charge in [0.25, 0.3) is 0 Å². The Bertz CT molecular complexity index is 1070. The van der Waals surface area contributed by atoms with E-state index in [1.165, 1.54) is 0 Å². The monoisotopic (exact) mass is 408 g/mol. The first-order chi connectivity index (χ1) is 14.3. The number of nitrogens with one attached hydrogen (secondary N) is 1. The van der Waals surface area contributed by atoms with Crippen molar-refractivity contribution in [3.05, 3.63) is 59.3 Å². The second kappa shape index (κ2) is 7.69. The van der Waals surface area contributed by atoms with Gasteiger partial charge in [0.2, 0.25) is 0 Å². The van der Waals surface area contributed by atoms with E-state index in [-0.39, 0.29) is 12.5 Å². The summed E-state index contributed by atoms with van der Waals surface area (Å²) in [5.41, 5.74) is 4.09. The number of aromatic amines is 1. The lowest BCUT2D eigenvalue weighted by Gasteiger charge is -2.25. The van der Waals surface area contributed by atoms with Crippen LogP contribution in [0.3, 0.4) is 0 Å². The van der Waals surface area contributed by atoms with E-state index in [0.717, 1.165) is 33.3 Å². The summed E-state index contributed by atoms with van der Waals surface area (Å²) in [5, 5.41) is 11.0. The molecule has 1 unspecified atom stereocenters. The molecule has 2 N–H and O–H groups in total. The standard InChI is InChI=1S/C24H28N2O4/c1-15-11-25-22-19(29-14-16-8-6-5-7-9-16)10-18-21(20(15)22)17(13-27)12-26(18)23(28)30-24(2,3)4/h5-11,17,25,27H,12-14H2,1-4H3. The lowest BCUT2D eigenvalue weighted by molar-refractivity contribution is 0.0581. The SMILES string of the molecule is Cc1c[nH]c2c(OCc3ccccc3)cc3c(c12)C(CO)CN3C(=O)OC(C)(C)C. The van der Waals surface area contributed by atoms with E-state index in [4.69, 9.17) is 9.47 Å². The third-order valence-corrected chi connectivity index (χ3v) is 5.31. The molecule has 1 amide bonds. The molecule has 6 heteroatoms. The zero-order valence-electron chi connectivity index (χ0n) is 17.9. The van der Waals surface area contributed by atoms with E-state index in [9.17, 15) is 9.90 Å². The normalized spacial score (nSPS) is 16.0. The molecule has 0 spiro atoms. The van der Waals surface area contributed by atoms with Crippen LogP contribution in [0.1, 0.15) is 43.4 Å². The van der Waals surface area contributed by atoms with Crippen molar-refractivity contribution >= 4 is 22.7 Å². The van der Waals surface area contributed by atoms with Crippen molar-refractivity contribution in [3.8, 4) is 5.75 Å². The molecule has 0 aliphatic carbocycles. The molecule has 0 fully saturated rings. The molecule has 2 heterocycles. The summed E-state index contributed by atoms with van der Waals surface area (Å²) in [7, 11) is 0. The maximum atomic E-state index is 12.9. The van der Waals surface area contributed by atoms with Crippen LogP contribution in [0, 0.1) is 6.92 Å². The van der Waals surface area contributed by atoms with Gasteiger partial charge in [-0.25, -0.2) is 4.79 Å². The predicted octanol–water partition coefficient (Wildman–Crippen LogP) is 4.89. The number of aromatic nitrogens is 1. The van der Waals surface area contributed by atoms with E-state index in [1.807, 2.05) is 70.3 Å². The van der Waals surface area contributed by atoms with Gasteiger partial charge in [0, 0.05) is 30.1 Å². The molecule has 0 radical (unpaired) electrons. The molecule has 0 bridgehead atoms. The van der Waals surface area contributed by atoms with E-state index in [1.54, 1.807) is 4.90 Å². The molecule has 4 rings (SSSR count). The summed E-state index contributed by atoms with van der Waals surface area (Å²) in [5.74, 6) is 0.501. The van der Waals surface area contributed by atoms with Crippen molar-refractivity contribution in [1.82, 2.24) is 4.98 Å². The Morgan fingerprint density at radius 3 is 2.67 bits per heavy atom. The summed E-state index contributed by atoms with van der Waals surface area (Å²) in [6.45, 7) is 8.31. The highest BCUT2D eigenvalue weighted by atomic mass is 16.6. The van der Waals surface area contributed by atoms with Crippen LogP contribution < -0.4 is 9.64 Å². The maximum absolute atomic E-state index is 12.9. The number of hydrogen-bond acceptors (Lipinski definition) is 4. The van der Waals surface area contributed by atoms with E-state index < -0.39 is 11.7 Å². The van der Waals surface area contributed by atoms with Gasteiger partial charge in [-0.15, -0.1) is 0 Å². The van der Waals surface area contributed by atoms with Gasteiger partial charge in [-0.1, -0.05) is 30.3 Å². The quantitative estimate of drug-likeness (QED) is 0.645. The molecular formula is C24H28N2O4. The van der Waals surface area contributed by atoms with Gasteiger partial charge in [-0.05, 0) is 44.4 Å². The summed E-state index contributed by atoms with van der Waals surface area (Å²) in [6, 6.07) is 11.8. The average molecular weight is 408 g/mol. The number of H-pyrrole nitrogens is 1. The molecule has 2 aromatic carbocycles. The van der Waals surface area contributed by atoms with Crippen LogP contribution in [0.15, 0.2) is 42.6 Å². The van der Waals surface area contributed by atoms with Gasteiger partial charge in [0.1, 0.15) is 18.0 Å². The molecule has 0 saturated carbocycles. The highest BCUT2D eigenvalue weighted by Crippen LogP contribution is 2.46. The predicted molar refractivity (Wildman–Crippen MR) is 117 cm³/mol. The number of aryl methyl sites for hydroxylation is 1. The van der Waals surface area contributed by atoms with Crippen molar-refractivity contribution in [2.24, 2.45) is 0 Å². The molecule has 1 aliphatic heterocycles. The van der Waals surface area contributed by atoms with Crippen molar-refractivity contribution in [3.63, 3.8) is 0 Å². The fraction of sp³-hybridized carbons (Fsp3) is 0.375. The number of carbonyl (C=O) groups is 1. The number of carbonyl (C=O) groups excluding carboxylic acids is 1. The van der Waals surface area contributed by atoms with E-state index >= 15 is 0 Å². The zero-order valence-corrected chi connectivity index (χ0v) is 17.9. The summed E-state index contributed by atoms with van der Waals surface area (Å²) in [6.07, 6.45) is 1.52. The van der Waals surface area contributed by atoms with Gasteiger partial charge in [0.15, 0.2) is 0 Å². The Labute approximate surface area is 176 Å². The van der Waals surface area contributed by atoms with Crippen molar-refractivity contribution < 1.29 is 19.4 Å². The minimum absolute atomic E-state index is 0.0454. The second-order valence-electron chi connectivity index (χ2n) is 8.77. The fourth-order valence-electron chi connectivity index (χ4n) is 4.00. The van der Waals surface area contributed by atoms with Crippen molar-refractivity contribution in [2.75, 3.05) is 18.1 Å². The zero-order chi connectivity index (χ0) is 21.5. The Balaban J connectivity index is 1.78. The fourth-order valence-corrected chi connectivity index (χ4v) is 4.00. The molecule has 1 atom stereocenters. The lowest BCUT2D eigenvalue weighted by Crippen LogP contribution is -2.36. The minimum atomic E-state index is -0.602. The summed E-state index contributed by atoms with van der Waals surface area (Å²) >= 11 is 0. The van der Waals surface area contributed by atoms with Gasteiger partial charge in [0.05, 0.1) is 17.8 Å². The van der Waals surface area contributed by atoms with Crippen LogP contribution >= 0.6 is 0 Å². The van der Waals surface area contributed by atoms with Gasteiger partial charge in [-0.2, -0.15) is 0 Å². The third kappa shape index (κ3) is 3.75. The van der Waals surface area contributed by atoms with Gasteiger partial charge in [-0.3, -0.25) is 4.90 Å². The number of ether oxygens (including phenoxy) is 2. The highest BCUT2D eigenvalue weighted by Gasteiger charge is 2.37.